The summed E-state index contributed by atoms with van der Waals surface area (Å²) < 4.78 is 5.80. The molecule has 2 unspecified atom stereocenters. The number of ether oxygens (including phenoxy) is 1. The smallest absolute Gasteiger partial charge is 0.335 e. The van der Waals surface area contributed by atoms with Crippen molar-refractivity contribution >= 4 is 11.7 Å². The number of hydrogen-bond acceptors (Lipinski definition) is 3. The van der Waals surface area contributed by atoms with Crippen molar-refractivity contribution in [3.05, 3.63) is 29.3 Å². The predicted octanol–water partition coefficient (Wildman–Crippen LogP) is 2.67. The van der Waals surface area contributed by atoms with E-state index >= 15 is 0 Å². The highest BCUT2D eigenvalue weighted by atomic mass is 16.5. The van der Waals surface area contributed by atoms with Crippen LogP contribution in [-0.4, -0.2) is 29.8 Å². The Bertz CT molecular complexity index is 496. The van der Waals surface area contributed by atoms with Gasteiger partial charge >= 0.3 is 5.97 Å². The van der Waals surface area contributed by atoms with E-state index in [2.05, 4.69) is 5.32 Å². The lowest BCUT2D eigenvalue weighted by molar-refractivity contribution is 0.0696. The van der Waals surface area contributed by atoms with Crippen molar-refractivity contribution < 1.29 is 14.6 Å². The molecule has 1 saturated heterocycles. The molecule has 2 fully saturated rings. The molecule has 19 heavy (non-hydrogen) atoms. The first kappa shape index (κ1) is 12.5. The lowest BCUT2D eigenvalue weighted by Gasteiger charge is -2.21. The van der Waals surface area contributed by atoms with Crippen LogP contribution in [0.1, 0.15) is 35.2 Å². The molecule has 102 valence electrons. The molecule has 1 aliphatic carbocycles. The number of carbonyl (C=O) groups is 1. The minimum Gasteiger partial charge on any atom is -0.478 e. The average molecular weight is 261 g/mol. The number of rotatable bonds is 4. The van der Waals surface area contributed by atoms with Crippen LogP contribution in [0.15, 0.2) is 18.2 Å². The molecule has 2 aliphatic rings. The molecule has 1 aliphatic heterocycles. The topological polar surface area (TPSA) is 58.6 Å². The van der Waals surface area contributed by atoms with Gasteiger partial charge in [-0.2, -0.15) is 0 Å². The number of aromatic carboxylic acids is 1. The zero-order valence-electron chi connectivity index (χ0n) is 11.1. The Morgan fingerprint density at radius 1 is 1.37 bits per heavy atom. The van der Waals surface area contributed by atoms with E-state index in [0.29, 0.717) is 17.7 Å². The first-order valence-corrected chi connectivity index (χ1v) is 6.87. The molecule has 0 radical (unpaired) electrons. The normalized spacial score (nSPS) is 26.4. The first-order valence-electron chi connectivity index (χ1n) is 6.87. The van der Waals surface area contributed by atoms with Gasteiger partial charge in [-0.3, -0.25) is 0 Å². The number of carboxylic acid groups (broad SMARTS) is 1. The second-order valence-electron chi connectivity index (χ2n) is 5.55. The van der Waals surface area contributed by atoms with Gasteiger partial charge in [0.1, 0.15) is 0 Å². The van der Waals surface area contributed by atoms with Gasteiger partial charge in [0, 0.05) is 12.3 Å². The molecule has 1 saturated carbocycles. The Hall–Kier alpha value is -1.55. The molecule has 1 aromatic rings. The van der Waals surface area contributed by atoms with Crippen molar-refractivity contribution in [2.75, 3.05) is 11.9 Å². The summed E-state index contributed by atoms with van der Waals surface area (Å²) in [7, 11) is 0. The van der Waals surface area contributed by atoms with E-state index in [1.54, 1.807) is 6.07 Å². The molecule has 4 heteroatoms. The maximum absolute atomic E-state index is 11.0. The summed E-state index contributed by atoms with van der Waals surface area (Å²) in [6.07, 6.45) is 3.92. The third-order valence-corrected chi connectivity index (χ3v) is 4.03. The van der Waals surface area contributed by atoms with Crippen molar-refractivity contribution in [3.8, 4) is 0 Å². The number of hydrogen-bond donors (Lipinski definition) is 2. The molecule has 0 amide bonds. The molecule has 3 rings (SSSR count). The number of carboxylic acids is 1. The Morgan fingerprint density at radius 2 is 2.16 bits per heavy atom. The minimum absolute atomic E-state index is 0.333. The second kappa shape index (κ2) is 4.85. The molecule has 2 N–H and O–H groups in total. The van der Waals surface area contributed by atoms with Crippen LogP contribution < -0.4 is 5.32 Å². The van der Waals surface area contributed by atoms with E-state index in [-0.39, 0.29) is 0 Å². The highest BCUT2D eigenvalue weighted by Crippen LogP contribution is 2.39. The Morgan fingerprint density at radius 3 is 2.79 bits per heavy atom. The summed E-state index contributed by atoms with van der Waals surface area (Å²) in [4.78, 5) is 11.0. The fraction of sp³-hybridized carbons (Fsp3) is 0.533. The molecule has 1 heterocycles. The lowest BCUT2D eigenvalue weighted by Crippen LogP contribution is -2.30. The number of aryl methyl sites for hydroxylation is 1. The van der Waals surface area contributed by atoms with E-state index in [9.17, 15) is 4.79 Å². The van der Waals surface area contributed by atoms with E-state index in [0.717, 1.165) is 30.2 Å². The van der Waals surface area contributed by atoms with Gasteiger partial charge in [-0.25, -0.2) is 4.79 Å². The molecule has 0 spiro atoms. The quantitative estimate of drug-likeness (QED) is 0.875. The summed E-state index contributed by atoms with van der Waals surface area (Å²) in [6, 6.07) is 5.79. The van der Waals surface area contributed by atoms with Gasteiger partial charge in [-0.1, -0.05) is 0 Å². The van der Waals surface area contributed by atoms with Gasteiger partial charge in [0.2, 0.25) is 0 Å². The Balaban J connectivity index is 1.72. The third kappa shape index (κ3) is 2.59. The summed E-state index contributed by atoms with van der Waals surface area (Å²) >= 11 is 0. The van der Waals surface area contributed by atoms with Gasteiger partial charge in [0.25, 0.3) is 0 Å². The lowest BCUT2D eigenvalue weighted by atomic mass is 10.0. The van der Waals surface area contributed by atoms with Crippen LogP contribution in [0.4, 0.5) is 5.69 Å². The molecule has 4 nitrogen and oxygen atoms in total. The van der Waals surface area contributed by atoms with E-state index in [1.165, 1.54) is 12.8 Å². The maximum atomic E-state index is 11.0. The highest BCUT2D eigenvalue weighted by Gasteiger charge is 2.40. The van der Waals surface area contributed by atoms with Crippen LogP contribution in [0.3, 0.4) is 0 Å². The van der Waals surface area contributed by atoms with Gasteiger partial charge in [-0.05, 0) is 55.9 Å². The van der Waals surface area contributed by atoms with Crippen molar-refractivity contribution in [1.29, 1.82) is 0 Å². The fourth-order valence-electron chi connectivity index (χ4n) is 2.86. The van der Waals surface area contributed by atoms with Crippen LogP contribution in [-0.2, 0) is 4.74 Å². The second-order valence-corrected chi connectivity index (χ2v) is 5.55. The molecule has 1 aromatic carbocycles. The van der Waals surface area contributed by atoms with Crippen molar-refractivity contribution in [2.24, 2.45) is 5.92 Å². The maximum Gasteiger partial charge on any atom is 0.335 e. The molecule has 0 bridgehead atoms. The van der Waals surface area contributed by atoms with E-state index in [1.807, 2.05) is 19.1 Å². The van der Waals surface area contributed by atoms with Gasteiger partial charge in [0.05, 0.1) is 17.7 Å². The van der Waals surface area contributed by atoms with Crippen LogP contribution in [0, 0.1) is 12.8 Å². The van der Waals surface area contributed by atoms with Crippen molar-refractivity contribution in [2.45, 2.75) is 38.3 Å². The Kier molecular flexibility index (Phi) is 3.19. The number of anilines is 1. The average Bonchev–Trinajstić information content (AvgIpc) is 3.10. The Labute approximate surface area is 112 Å². The summed E-state index contributed by atoms with van der Waals surface area (Å²) in [6.45, 7) is 2.66. The molecule has 2 atom stereocenters. The number of nitrogens with one attached hydrogen (secondary N) is 1. The third-order valence-electron chi connectivity index (χ3n) is 4.03. The van der Waals surface area contributed by atoms with Crippen molar-refractivity contribution in [3.63, 3.8) is 0 Å². The van der Waals surface area contributed by atoms with Crippen molar-refractivity contribution in [1.82, 2.24) is 0 Å². The SMILES string of the molecule is Cc1cc(NC2CCOC2C2CC2)ccc1C(=O)O. The minimum atomic E-state index is -0.871. The highest BCUT2D eigenvalue weighted by molar-refractivity contribution is 5.89. The van der Waals surface area contributed by atoms with Gasteiger partial charge in [-0.15, -0.1) is 0 Å². The van der Waals surface area contributed by atoms with E-state index in [4.69, 9.17) is 9.84 Å². The summed E-state index contributed by atoms with van der Waals surface area (Å²) in [5.74, 6) is -0.150. The molecule has 0 aromatic heterocycles. The summed E-state index contributed by atoms with van der Waals surface area (Å²) in [5, 5.41) is 12.5. The van der Waals surface area contributed by atoms with Crippen LogP contribution in [0.5, 0.6) is 0 Å². The monoisotopic (exact) mass is 261 g/mol. The largest absolute Gasteiger partial charge is 0.478 e. The van der Waals surface area contributed by atoms with Crippen LogP contribution in [0.2, 0.25) is 0 Å². The van der Waals surface area contributed by atoms with Crippen LogP contribution >= 0.6 is 0 Å². The molecular weight excluding hydrogens is 242 g/mol. The fourth-order valence-corrected chi connectivity index (χ4v) is 2.86. The first-order chi connectivity index (χ1) is 9.15. The van der Waals surface area contributed by atoms with Crippen LogP contribution in [0.25, 0.3) is 0 Å². The predicted molar refractivity (Wildman–Crippen MR) is 72.6 cm³/mol. The standard InChI is InChI=1S/C15H19NO3/c1-9-8-11(4-5-12(9)15(17)18)16-13-6-7-19-14(13)10-2-3-10/h4-5,8,10,13-14,16H,2-3,6-7H2,1H3,(H,17,18). The van der Waals surface area contributed by atoms with E-state index < -0.39 is 5.97 Å². The zero-order chi connectivity index (χ0) is 13.4. The number of benzene rings is 1. The molecular formula is C15H19NO3. The van der Waals surface area contributed by atoms with Gasteiger partial charge in [0.15, 0.2) is 0 Å². The van der Waals surface area contributed by atoms with Gasteiger partial charge < -0.3 is 15.2 Å². The zero-order valence-corrected chi connectivity index (χ0v) is 11.1. The summed E-state index contributed by atoms with van der Waals surface area (Å²) in [5.41, 5.74) is 2.15.